The van der Waals surface area contributed by atoms with Crippen LogP contribution in [0, 0.1) is 5.25 Å². The fraction of sp³-hybridized carbons (Fsp3) is 0. The molecule has 0 saturated carbocycles. The van der Waals surface area contributed by atoms with Crippen molar-refractivity contribution in [3.05, 3.63) is 91.0 Å². The molecule has 0 aliphatic heterocycles. The van der Waals surface area contributed by atoms with Crippen LogP contribution in [0.4, 0.5) is 0 Å². The fourth-order valence-corrected chi connectivity index (χ4v) is 7.38. The average Bonchev–Trinajstić information content (AvgIpc) is 2.59. The molecule has 0 fully saturated rings. The van der Waals surface area contributed by atoms with E-state index in [1.165, 1.54) is 15.6 Å². The summed E-state index contributed by atoms with van der Waals surface area (Å²) in [4.78, 5) is 0. The van der Waals surface area contributed by atoms with E-state index in [2.05, 4.69) is 105 Å². The van der Waals surface area contributed by atoms with Gasteiger partial charge in [-0.25, -0.2) is 0 Å². The molecule has 2 heteroatoms. The van der Waals surface area contributed by atoms with Gasteiger partial charge in [-0.1, -0.05) is 0 Å². The van der Waals surface area contributed by atoms with Gasteiger partial charge in [-0.3, -0.25) is 0 Å². The number of benzene rings is 3. The van der Waals surface area contributed by atoms with Gasteiger partial charge >= 0.3 is 129 Å². The Morgan fingerprint density at radius 2 is 0.810 bits per heavy atom. The van der Waals surface area contributed by atoms with E-state index in [1.807, 2.05) is 0 Å². The average molecular weight is 302 g/mol. The summed E-state index contributed by atoms with van der Waals surface area (Å²) < 4.78 is 0. The van der Waals surface area contributed by atoms with Crippen LogP contribution in [0.1, 0.15) is 0 Å². The molecule has 0 spiro atoms. The number of rotatable bonds is 3. The van der Waals surface area contributed by atoms with Crippen molar-refractivity contribution in [3.63, 3.8) is 0 Å². The molecule has 0 aliphatic rings. The molecule has 0 aliphatic carbocycles. The molecule has 0 unspecified atom stereocenters. The van der Waals surface area contributed by atoms with Crippen molar-refractivity contribution >= 4 is 32.3 Å². The Morgan fingerprint density at radius 1 is 0.524 bits per heavy atom. The first-order chi connectivity index (χ1) is 10.4. The van der Waals surface area contributed by atoms with Crippen LogP contribution in [-0.4, -0.2) is 8.07 Å². The van der Waals surface area contributed by atoms with Gasteiger partial charge in [-0.05, 0) is 0 Å². The molecule has 0 heterocycles. The molecule has 0 radical (unpaired) electrons. The zero-order valence-electron chi connectivity index (χ0n) is 11.6. The summed E-state index contributed by atoms with van der Waals surface area (Å²) >= 11 is 0. The van der Waals surface area contributed by atoms with Crippen LogP contribution in [0.3, 0.4) is 0 Å². The molecule has 0 atom stereocenters. The monoisotopic (exact) mass is 302 g/mol. The Hall–Kier alpha value is -1.91. The third-order valence-electron chi connectivity index (χ3n) is 3.79. The van der Waals surface area contributed by atoms with Crippen LogP contribution in [0.5, 0.6) is 0 Å². The standard InChI is InChI=1S/C19H15PSi/c20-16-21(17-10-4-1-5-11-17,18-12-6-2-7-13-18)19-14-8-3-9-15-19/h1-15H. The Kier molecular flexibility index (Phi) is 4.17. The summed E-state index contributed by atoms with van der Waals surface area (Å²) in [5.41, 5.74) is 0. The van der Waals surface area contributed by atoms with Crippen LogP contribution in [-0.2, 0) is 0 Å². The summed E-state index contributed by atoms with van der Waals surface area (Å²) in [5, 5.41) is 7.31. The van der Waals surface area contributed by atoms with Crippen molar-refractivity contribution in [2.24, 2.45) is 0 Å². The van der Waals surface area contributed by atoms with E-state index in [0.29, 0.717) is 0 Å². The van der Waals surface area contributed by atoms with Crippen LogP contribution in [0.2, 0.25) is 0 Å². The first-order valence-corrected chi connectivity index (χ1v) is 9.40. The molecule has 0 N–H and O–H groups in total. The first kappa shape index (κ1) is 14.0. The molecule has 0 nitrogen and oxygen atoms in total. The maximum absolute atomic E-state index is 4.55. The summed E-state index contributed by atoms with van der Waals surface area (Å²) in [7, 11) is 2.26. The zero-order chi connectivity index (χ0) is 14.5. The van der Waals surface area contributed by atoms with E-state index < -0.39 is 8.07 Å². The van der Waals surface area contributed by atoms with E-state index in [-0.39, 0.29) is 0 Å². The Bertz CT molecular complexity index is 649. The summed E-state index contributed by atoms with van der Waals surface area (Å²) in [6.45, 7) is 0. The van der Waals surface area contributed by atoms with Gasteiger partial charge in [-0.15, -0.1) is 0 Å². The maximum atomic E-state index is 4.55. The predicted molar refractivity (Wildman–Crippen MR) is 94.8 cm³/mol. The molecule has 0 saturated heterocycles. The molecule has 3 aromatic rings. The molecule has 0 bridgehead atoms. The van der Waals surface area contributed by atoms with Crippen LogP contribution < -0.4 is 15.6 Å². The zero-order valence-corrected chi connectivity index (χ0v) is 13.5. The van der Waals surface area contributed by atoms with Gasteiger partial charge in [0.25, 0.3) is 0 Å². The first-order valence-electron chi connectivity index (χ1n) is 6.96. The van der Waals surface area contributed by atoms with Gasteiger partial charge in [0.1, 0.15) is 0 Å². The second kappa shape index (κ2) is 6.24. The van der Waals surface area contributed by atoms with Crippen molar-refractivity contribution < 1.29 is 0 Å². The molecule has 0 amide bonds. The molecule has 3 aromatic carbocycles. The topological polar surface area (TPSA) is 0 Å². The van der Waals surface area contributed by atoms with E-state index >= 15 is 0 Å². The molecule has 100 valence electrons. The molecule has 0 aromatic heterocycles. The van der Waals surface area contributed by atoms with Gasteiger partial charge in [0.05, 0.1) is 0 Å². The summed E-state index contributed by atoms with van der Waals surface area (Å²) in [5.74, 6) is 0. The fourth-order valence-electron chi connectivity index (χ4n) is 2.76. The van der Waals surface area contributed by atoms with Gasteiger partial charge in [0.15, 0.2) is 0 Å². The number of hydrogen-bond donors (Lipinski definition) is 0. The van der Waals surface area contributed by atoms with Crippen molar-refractivity contribution in [1.29, 1.82) is 0 Å². The number of hydrogen-bond acceptors (Lipinski definition) is 0. The van der Waals surface area contributed by atoms with E-state index in [1.54, 1.807) is 0 Å². The van der Waals surface area contributed by atoms with Gasteiger partial charge in [0, 0.05) is 0 Å². The van der Waals surface area contributed by atoms with Crippen molar-refractivity contribution in [2.45, 2.75) is 0 Å². The third-order valence-corrected chi connectivity index (χ3v) is 8.73. The molecular weight excluding hydrogens is 287 g/mol. The minimum absolute atomic E-state index is 1.30. The second-order valence-electron chi connectivity index (χ2n) is 4.96. The van der Waals surface area contributed by atoms with Crippen LogP contribution >= 0.6 is 8.70 Å². The third kappa shape index (κ3) is 2.52. The predicted octanol–water partition coefficient (Wildman–Crippen LogP) is 3.07. The Labute approximate surface area is 129 Å². The normalized spacial score (nSPS) is 10.8. The van der Waals surface area contributed by atoms with E-state index in [9.17, 15) is 0 Å². The van der Waals surface area contributed by atoms with E-state index in [0.717, 1.165) is 0 Å². The van der Waals surface area contributed by atoms with Crippen LogP contribution in [0.15, 0.2) is 91.0 Å². The van der Waals surface area contributed by atoms with E-state index in [4.69, 9.17) is 0 Å². The Balaban J connectivity index is 2.32. The second-order valence-corrected chi connectivity index (χ2v) is 9.09. The summed E-state index contributed by atoms with van der Waals surface area (Å²) in [6, 6.07) is 31.8. The minimum atomic E-state index is -2.28. The molecule has 3 rings (SSSR count). The SMILES string of the molecule is P#C[Si](c1ccccc1)(c1ccccc1)c1ccccc1. The van der Waals surface area contributed by atoms with Crippen molar-refractivity contribution in [3.8, 4) is 5.25 Å². The van der Waals surface area contributed by atoms with Crippen molar-refractivity contribution in [2.75, 3.05) is 0 Å². The van der Waals surface area contributed by atoms with Crippen molar-refractivity contribution in [1.82, 2.24) is 0 Å². The molecular formula is C19H15PSi. The van der Waals surface area contributed by atoms with Gasteiger partial charge in [-0.2, -0.15) is 0 Å². The van der Waals surface area contributed by atoms with Crippen LogP contribution in [0.25, 0.3) is 0 Å². The van der Waals surface area contributed by atoms with Gasteiger partial charge in [0.2, 0.25) is 0 Å². The Morgan fingerprint density at radius 3 is 1.05 bits per heavy atom. The van der Waals surface area contributed by atoms with Gasteiger partial charge < -0.3 is 0 Å². The molecule has 21 heavy (non-hydrogen) atoms. The summed E-state index contributed by atoms with van der Waals surface area (Å²) in [6.07, 6.45) is 0. The quantitative estimate of drug-likeness (QED) is 0.396.